The number of unbranched alkanes of at least 4 members (excludes halogenated alkanes) is 1. The second-order valence-corrected chi connectivity index (χ2v) is 12.4. The predicted octanol–water partition coefficient (Wildman–Crippen LogP) is 8.74. The van der Waals surface area contributed by atoms with E-state index in [0.29, 0.717) is 17.3 Å². The van der Waals surface area contributed by atoms with Crippen LogP contribution in [0.25, 0.3) is 0 Å². The lowest BCUT2D eigenvalue weighted by Gasteiger charge is -2.24. The van der Waals surface area contributed by atoms with E-state index in [-0.39, 0.29) is 5.60 Å². The maximum absolute atomic E-state index is 6.52. The minimum Gasteiger partial charge on any atom is -0.374 e. The van der Waals surface area contributed by atoms with Crippen LogP contribution >= 0.6 is 0 Å². The molecule has 0 bridgehead atoms. The van der Waals surface area contributed by atoms with Gasteiger partial charge in [-0.3, -0.25) is 0 Å². The number of ether oxygens (including phenoxy) is 2. The summed E-state index contributed by atoms with van der Waals surface area (Å²) in [6.07, 6.45) is 15.2. The number of hydrogen-bond donors (Lipinski definition) is 1. The molecule has 1 aliphatic rings. The molecule has 0 heterocycles. The maximum Gasteiger partial charge on any atom is 0.113 e. The van der Waals surface area contributed by atoms with Gasteiger partial charge >= 0.3 is 0 Å². The molecule has 3 heteroatoms. The quantitative estimate of drug-likeness (QED) is 0.144. The average molecular weight is 468 g/mol. The van der Waals surface area contributed by atoms with Gasteiger partial charge in [0.05, 0.1) is 5.60 Å². The Morgan fingerprint density at radius 3 is 2.03 bits per heavy atom. The number of nitrogens with two attached hydrogens (primary N) is 1. The smallest absolute Gasteiger partial charge is 0.113 e. The molecule has 0 spiro atoms. The van der Waals surface area contributed by atoms with E-state index < -0.39 is 5.72 Å². The standard InChI is InChI=1S/C30H61NO2/c1-10-24(3)17-14-18-25(4)16-12-13-22-33-30(9)27(6)28(30,7)21-15-19-26(5)20-23-32-29(8,31)11-2/h24-27H,10-23,31H2,1-9H3. The van der Waals surface area contributed by atoms with E-state index in [0.717, 1.165) is 37.9 Å². The van der Waals surface area contributed by atoms with E-state index in [1.54, 1.807) is 0 Å². The molecule has 0 aromatic rings. The fourth-order valence-electron chi connectivity index (χ4n) is 5.46. The molecule has 1 aliphatic carbocycles. The molecule has 0 amide bonds. The Hall–Kier alpha value is -0.120. The van der Waals surface area contributed by atoms with Gasteiger partial charge in [-0.05, 0) is 63.2 Å². The monoisotopic (exact) mass is 467 g/mol. The van der Waals surface area contributed by atoms with Gasteiger partial charge in [-0.15, -0.1) is 0 Å². The normalized spacial score (nSPS) is 29.5. The zero-order valence-electron chi connectivity index (χ0n) is 24.1. The molecule has 0 aromatic carbocycles. The summed E-state index contributed by atoms with van der Waals surface area (Å²) in [6, 6.07) is 0. The van der Waals surface area contributed by atoms with Gasteiger partial charge in [-0.25, -0.2) is 0 Å². The molecular formula is C30H61NO2. The van der Waals surface area contributed by atoms with E-state index in [1.165, 1.54) is 64.2 Å². The van der Waals surface area contributed by atoms with Crippen molar-refractivity contribution in [3.63, 3.8) is 0 Å². The summed E-state index contributed by atoms with van der Waals surface area (Å²) in [5.41, 5.74) is 6.02. The van der Waals surface area contributed by atoms with Crippen LogP contribution in [0.5, 0.6) is 0 Å². The van der Waals surface area contributed by atoms with Crippen molar-refractivity contribution in [2.75, 3.05) is 13.2 Å². The first kappa shape index (κ1) is 30.9. The number of hydrogen-bond acceptors (Lipinski definition) is 3. The van der Waals surface area contributed by atoms with Gasteiger partial charge in [0.25, 0.3) is 0 Å². The molecule has 1 fully saturated rings. The largest absolute Gasteiger partial charge is 0.374 e. The SMILES string of the molecule is CCC(C)CCCC(C)CCCCOC1(C)C(C)C1(C)CCCC(C)CCOC(C)(N)CC. The Kier molecular flexibility index (Phi) is 13.5. The number of rotatable bonds is 20. The van der Waals surface area contributed by atoms with Crippen LogP contribution in [0.1, 0.15) is 139 Å². The van der Waals surface area contributed by atoms with Crippen molar-refractivity contribution in [3.05, 3.63) is 0 Å². The molecule has 7 atom stereocenters. The van der Waals surface area contributed by atoms with Gasteiger partial charge in [0, 0.05) is 18.6 Å². The Morgan fingerprint density at radius 1 is 0.818 bits per heavy atom. The van der Waals surface area contributed by atoms with Crippen LogP contribution in [-0.2, 0) is 9.47 Å². The van der Waals surface area contributed by atoms with Crippen LogP contribution in [0.3, 0.4) is 0 Å². The van der Waals surface area contributed by atoms with Crippen LogP contribution in [0.15, 0.2) is 0 Å². The van der Waals surface area contributed by atoms with Gasteiger partial charge < -0.3 is 15.2 Å². The minimum absolute atomic E-state index is 0.0732. The summed E-state index contributed by atoms with van der Waals surface area (Å²) in [6.45, 7) is 22.4. The molecule has 3 nitrogen and oxygen atoms in total. The molecule has 0 aromatic heterocycles. The first-order valence-electron chi connectivity index (χ1n) is 14.5. The Balaban J connectivity index is 2.18. The first-order chi connectivity index (χ1) is 15.4. The molecule has 0 radical (unpaired) electrons. The molecule has 198 valence electrons. The highest BCUT2D eigenvalue weighted by atomic mass is 16.5. The van der Waals surface area contributed by atoms with Gasteiger partial charge in [0.2, 0.25) is 0 Å². The van der Waals surface area contributed by atoms with Gasteiger partial charge in [0.15, 0.2) is 0 Å². The van der Waals surface area contributed by atoms with Gasteiger partial charge in [-0.2, -0.15) is 0 Å². The molecule has 0 saturated heterocycles. The van der Waals surface area contributed by atoms with Crippen molar-refractivity contribution in [1.82, 2.24) is 0 Å². The zero-order valence-corrected chi connectivity index (χ0v) is 24.1. The third kappa shape index (κ3) is 10.2. The Bertz CT molecular complexity index is 521. The first-order valence-corrected chi connectivity index (χ1v) is 14.5. The highest BCUT2D eigenvalue weighted by molar-refractivity contribution is 5.18. The summed E-state index contributed by atoms with van der Waals surface area (Å²) >= 11 is 0. The third-order valence-electron chi connectivity index (χ3n) is 9.55. The molecule has 7 unspecified atom stereocenters. The second-order valence-electron chi connectivity index (χ2n) is 12.4. The molecule has 33 heavy (non-hydrogen) atoms. The van der Waals surface area contributed by atoms with Gasteiger partial charge in [-0.1, -0.05) is 99.8 Å². The van der Waals surface area contributed by atoms with Crippen molar-refractivity contribution >= 4 is 0 Å². The maximum atomic E-state index is 6.52. The summed E-state index contributed by atoms with van der Waals surface area (Å²) in [5, 5.41) is 0. The van der Waals surface area contributed by atoms with Gasteiger partial charge in [0.1, 0.15) is 5.72 Å². The fraction of sp³-hybridized carbons (Fsp3) is 1.00. The minimum atomic E-state index is -0.471. The highest BCUT2D eigenvalue weighted by Crippen LogP contribution is 2.66. The third-order valence-corrected chi connectivity index (χ3v) is 9.55. The lowest BCUT2D eigenvalue weighted by atomic mass is 9.92. The Morgan fingerprint density at radius 2 is 1.39 bits per heavy atom. The summed E-state index contributed by atoms with van der Waals surface area (Å²) in [7, 11) is 0. The fourth-order valence-corrected chi connectivity index (χ4v) is 5.46. The average Bonchev–Trinajstić information content (AvgIpc) is 3.18. The van der Waals surface area contributed by atoms with Crippen LogP contribution in [0.2, 0.25) is 0 Å². The van der Waals surface area contributed by atoms with Crippen molar-refractivity contribution in [3.8, 4) is 0 Å². The van der Waals surface area contributed by atoms with Crippen molar-refractivity contribution in [2.24, 2.45) is 34.8 Å². The predicted molar refractivity (Wildman–Crippen MR) is 144 cm³/mol. The highest BCUT2D eigenvalue weighted by Gasteiger charge is 2.68. The summed E-state index contributed by atoms with van der Waals surface area (Å²) < 4.78 is 12.3. The van der Waals surface area contributed by atoms with E-state index in [1.807, 2.05) is 6.92 Å². The van der Waals surface area contributed by atoms with E-state index in [2.05, 4.69) is 55.4 Å². The summed E-state index contributed by atoms with van der Waals surface area (Å²) in [5.74, 6) is 3.11. The van der Waals surface area contributed by atoms with Crippen LogP contribution in [-0.4, -0.2) is 24.5 Å². The van der Waals surface area contributed by atoms with Crippen LogP contribution in [0, 0.1) is 29.1 Å². The van der Waals surface area contributed by atoms with Crippen LogP contribution < -0.4 is 5.73 Å². The Labute approximate surface area is 208 Å². The van der Waals surface area contributed by atoms with Crippen molar-refractivity contribution < 1.29 is 9.47 Å². The van der Waals surface area contributed by atoms with E-state index >= 15 is 0 Å². The topological polar surface area (TPSA) is 44.5 Å². The molecule has 1 saturated carbocycles. The van der Waals surface area contributed by atoms with Crippen LogP contribution in [0.4, 0.5) is 0 Å². The molecule has 0 aliphatic heterocycles. The second kappa shape index (κ2) is 14.4. The van der Waals surface area contributed by atoms with E-state index in [9.17, 15) is 0 Å². The molecule has 2 N–H and O–H groups in total. The van der Waals surface area contributed by atoms with Crippen molar-refractivity contribution in [1.29, 1.82) is 0 Å². The molecule has 1 rings (SSSR count). The van der Waals surface area contributed by atoms with Crippen molar-refractivity contribution in [2.45, 2.75) is 151 Å². The lowest BCUT2D eigenvalue weighted by Crippen LogP contribution is -2.38. The zero-order chi connectivity index (χ0) is 25.1. The molecular weight excluding hydrogens is 406 g/mol. The van der Waals surface area contributed by atoms with E-state index in [4.69, 9.17) is 15.2 Å². The lowest BCUT2D eigenvalue weighted by molar-refractivity contribution is -0.0348. The summed E-state index contributed by atoms with van der Waals surface area (Å²) in [4.78, 5) is 0.